The largest absolute Gasteiger partial charge is 0.376 e. The molecule has 0 unspecified atom stereocenters. The number of hydrogen-bond donors (Lipinski definition) is 0. The lowest BCUT2D eigenvalue weighted by molar-refractivity contribution is -0.104. The monoisotopic (exact) mass is 190 g/mol. The van der Waals surface area contributed by atoms with Crippen molar-refractivity contribution in [2.75, 3.05) is 6.61 Å². The molecule has 0 heterocycles. The standard InChI is InChI=1S/C12H14O2/c13-9-5-2-6-10-14-11-12-7-3-1-4-8-12/h1-5,7-9H,6,10-11H2/b5-2+. The molecule has 0 aromatic heterocycles. The Balaban J connectivity index is 2.10. The molecule has 0 saturated carbocycles. The third-order valence-corrected chi connectivity index (χ3v) is 1.76. The molecule has 0 radical (unpaired) electrons. The molecule has 1 aromatic carbocycles. The fraction of sp³-hybridized carbons (Fsp3) is 0.250. The number of carbonyl (C=O) groups is 1. The van der Waals surface area contributed by atoms with Crippen LogP contribution in [0.5, 0.6) is 0 Å². The van der Waals surface area contributed by atoms with E-state index in [-0.39, 0.29) is 0 Å². The average Bonchev–Trinajstić information content (AvgIpc) is 2.25. The number of benzene rings is 1. The fourth-order valence-corrected chi connectivity index (χ4v) is 1.07. The molecule has 2 nitrogen and oxygen atoms in total. The maximum atomic E-state index is 9.93. The highest BCUT2D eigenvalue weighted by molar-refractivity contribution is 5.64. The van der Waals surface area contributed by atoms with Gasteiger partial charge in [0.1, 0.15) is 6.29 Å². The van der Waals surface area contributed by atoms with Crippen LogP contribution in [0.3, 0.4) is 0 Å². The van der Waals surface area contributed by atoms with Crippen molar-refractivity contribution in [2.24, 2.45) is 0 Å². The lowest BCUT2D eigenvalue weighted by atomic mass is 10.2. The highest BCUT2D eigenvalue weighted by atomic mass is 16.5. The molecular weight excluding hydrogens is 176 g/mol. The Kier molecular flexibility index (Phi) is 5.36. The number of ether oxygens (including phenoxy) is 1. The van der Waals surface area contributed by atoms with E-state index in [9.17, 15) is 4.79 Å². The van der Waals surface area contributed by atoms with E-state index in [1.807, 2.05) is 30.3 Å². The Morgan fingerprint density at radius 2 is 2.00 bits per heavy atom. The molecule has 2 heteroatoms. The summed E-state index contributed by atoms with van der Waals surface area (Å²) in [7, 11) is 0. The summed E-state index contributed by atoms with van der Waals surface area (Å²) >= 11 is 0. The summed E-state index contributed by atoms with van der Waals surface area (Å²) in [5, 5.41) is 0. The molecule has 0 N–H and O–H groups in total. The van der Waals surface area contributed by atoms with E-state index in [2.05, 4.69) is 0 Å². The van der Waals surface area contributed by atoms with Gasteiger partial charge in [-0.25, -0.2) is 0 Å². The summed E-state index contributed by atoms with van der Waals surface area (Å²) in [6.07, 6.45) is 4.85. The third-order valence-electron chi connectivity index (χ3n) is 1.76. The van der Waals surface area contributed by atoms with Gasteiger partial charge in [0.15, 0.2) is 0 Å². The SMILES string of the molecule is O=C/C=C/CCOCc1ccccc1. The van der Waals surface area contributed by atoms with Gasteiger partial charge in [-0.15, -0.1) is 0 Å². The van der Waals surface area contributed by atoms with E-state index in [1.165, 1.54) is 11.6 Å². The zero-order valence-corrected chi connectivity index (χ0v) is 8.06. The summed E-state index contributed by atoms with van der Waals surface area (Å²) < 4.78 is 5.40. The van der Waals surface area contributed by atoms with Crippen LogP contribution in [0.2, 0.25) is 0 Å². The Morgan fingerprint density at radius 3 is 2.71 bits per heavy atom. The summed E-state index contributed by atoms with van der Waals surface area (Å²) in [5.74, 6) is 0. The number of hydrogen-bond acceptors (Lipinski definition) is 2. The lowest BCUT2D eigenvalue weighted by Gasteiger charge is -2.01. The van der Waals surface area contributed by atoms with Gasteiger partial charge in [0.2, 0.25) is 0 Å². The predicted molar refractivity (Wildman–Crippen MR) is 55.9 cm³/mol. The summed E-state index contributed by atoms with van der Waals surface area (Å²) in [4.78, 5) is 9.93. The zero-order chi connectivity index (χ0) is 10.1. The first-order valence-electron chi connectivity index (χ1n) is 4.65. The summed E-state index contributed by atoms with van der Waals surface area (Å²) in [6.45, 7) is 1.29. The maximum absolute atomic E-state index is 9.93. The normalized spacial score (nSPS) is 10.6. The molecule has 0 aliphatic heterocycles. The van der Waals surface area contributed by atoms with Crippen molar-refractivity contribution in [3.8, 4) is 0 Å². The molecule has 0 amide bonds. The number of rotatable bonds is 6. The highest BCUT2D eigenvalue weighted by Gasteiger charge is 1.89. The van der Waals surface area contributed by atoms with E-state index in [4.69, 9.17) is 4.74 Å². The minimum Gasteiger partial charge on any atom is -0.376 e. The van der Waals surface area contributed by atoms with Gasteiger partial charge in [0.25, 0.3) is 0 Å². The van der Waals surface area contributed by atoms with E-state index in [0.29, 0.717) is 13.2 Å². The minimum absolute atomic E-state index is 0.635. The smallest absolute Gasteiger partial charge is 0.142 e. The van der Waals surface area contributed by atoms with Gasteiger partial charge in [0.05, 0.1) is 13.2 Å². The quantitative estimate of drug-likeness (QED) is 0.391. The first-order valence-corrected chi connectivity index (χ1v) is 4.65. The van der Waals surface area contributed by atoms with Crippen molar-refractivity contribution in [3.05, 3.63) is 48.0 Å². The van der Waals surface area contributed by atoms with Crippen molar-refractivity contribution in [2.45, 2.75) is 13.0 Å². The van der Waals surface area contributed by atoms with Gasteiger partial charge in [-0.05, 0) is 18.1 Å². The summed E-state index contributed by atoms with van der Waals surface area (Å²) in [6, 6.07) is 10.0. The average molecular weight is 190 g/mol. The van der Waals surface area contributed by atoms with Gasteiger partial charge >= 0.3 is 0 Å². The summed E-state index contributed by atoms with van der Waals surface area (Å²) in [5.41, 5.74) is 1.17. The number of allylic oxidation sites excluding steroid dienone is 1. The maximum Gasteiger partial charge on any atom is 0.142 e. The third kappa shape index (κ3) is 4.58. The first kappa shape index (κ1) is 10.7. The number of aldehydes is 1. The second kappa shape index (κ2) is 7.04. The Morgan fingerprint density at radius 1 is 1.21 bits per heavy atom. The molecule has 0 aliphatic carbocycles. The van der Waals surface area contributed by atoms with Gasteiger partial charge < -0.3 is 4.74 Å². The second-order valence-electron chi connectivity index (χ2n) is 2.89. The van der Waals surface area contributed by atoms with Crippen molar-refractivity contribution >= 4 is 6.29 Å². The van der Waals surface area contributed by atoms with Crippen molar-refractivity contribution in [3.63, 3.8) is 0 Å². The van der Waals surface area contributed by atoms with Crippen molar-refractivity contribution in [1.82, 2.24) is 0 Å². The Bertz CT molecular complexity index is 278. The topological polar surface area (TPSA) is 26.3 Å². The molecule has 0 bridgehead atoms. The Labute approximate surface area is 84.2 Å². The predicted octanol–water partition coefficient (Wildman–Crippen LogP) is 2.35. The van der Waals surface area contributed by atoms with Crippen LogP contribution >= 0.6 is 0 Å². The van der Waals surface area contributed by atoms with Crippen LogP contribution in [0.4, 0.5) is 0 Å². The molecule has 74 valence electrons. The van der Waals surface area contributed by atoms with Crippen LogP contribution in [0, 0.1) is 0 Å². The van der Waals surface area contributed by atoms with E-state index in [0.717, 1.165) is 12.7 Å². The van der Waals surface area contributed by atoms with Gasteiger partial charge in [-0.1, -0.05) is 36.4 Å². The molecule has 0 spiro atoms. The van der Waals surface area contributed by atoms with Gasteiger partial charge in [0, 0.05) is 0 Å². The lowest BCUT2D eigenvalue weighted by Crippen LogP contribution is -1.93. The van der Waals surface area contributed by atoms with Crippen LogP contribution in [0.15, 0.2) is 42.5 Å². The van der Waals surface area contributed by atoms with Crippen molar-refractivity contribution in [1.29, 1.82) is 0 Å². The van der Waals surface area contributed by atoms with Crippen LogP contribution in [-0.2, 0) is 16.1 Å². The van der Waals surface area contributed by atoms with Crippen molar-refractivity contribution < 1.29 is 9.53 Å². The highest BCUT2D eigenvalue weighted by Crippen LogP contribution is 2.00. The molecule has 14 heavy (non-hydrogen) atoms. The van der Waals surface area contributed by atoms with Crippen LogP contribution in [0.1, 0.15) is 12.0 Å². The molecule has 0 fully saturated rings. The Hall–Kier alpha value is -1.41. The molecule has 0 saturated heterocycles. The van der Waals surface area contributed by atoms with Crippen LogP contribution in [0.25, 0.3) is 0 Å². The second-order valence-corrected chi connectivity index (χ2v) is 2.89. The molecular formula is C12H14O2. The van der Waals surface area contributed by atoms with Crippen LogP contribution in [-0.4, -0.2) is 12.9 Å². The van der Waals surface area contributed by atoms with Gasteiger partial charge in [-0.3, -0.25) is 4.79 Å². The molecule has 0 aliphatic rings. The van der Waals surface area contributed by atoms with Gasteiger partial charge in [-0.2, -0.15) is 0 Å². The molecule has 0 atom stereocenters. The minimum atomic E-state index is 0.635. The first-order chi connectivity index (χ1) is 6.93. The van der Waals surface area contributed by atoms with E-state index >= 15 is 0 Å². The fourth-order valence-electron chi connectivity index (χ4n) is 1.07. The number of carbonyl (C=O) groups excluding carboxylic acids is 1. The van der Waals surface area contributed by atoms with E-state index in [1.54, 1.807) is 6.08 Å². The van der Waals surface area contributed by atoms with E-state index < -0.39 is 0 Å². The molecule has 1 aromatic rings. The molecule has 1 rings (SSSR count). The van der Waals surface area contributed by atoms with Crippen LogP contribution < -0.4 is 0 Å². The zero-order valence-electron chi connectivity index (χ0n) is 8.06.